The number of carboxylic acids is 1. The molecule has 0 saturated heterocycles. The van der Waals surface area contributed by atoms with Crippen molar-refractivity contribution in [1.29, 1.82) is 0 Å². The second-order valence-corrected chi connectivity index (χ2v) is 4.29. The fourth-order valence-corrected chi connectivity index (χ4v) is 2.26. The Morgan fingerprint density at radius 2 is 2.25 bits per heavy atom. The standard InChI is InChI=1S/C11H11BrN2O2/c12-5-4-6-2-1-3-7-8(6)9(13)10(14-7)11(15)16/h1-3,14H,4-5,13H2,(H,15,16). The highest BCUT2D eigenvalue weighted by atomic mass is 79.9. The number of nitrogens with one attached hydrogen (secondary N) is 1. The number of aromatic nitrogens is 1. The highest BCUT2D eigenvalue weighted by Gasteiger charge is 2.16. The monoisotopic (exact) mass is 282 g/mol. The molecular formula is C11H11BrN2O2. The summed E-state index contributed by atoms with van der Waals surface area (Å²) in [5.41, 5.74) is 8.05. The van der Waals surface area contributed by atoms with E-state index in [4.69, 9.17) is 10.8 Å². The lowest BCUT2D eigenvalue weighted by Gasteiger charge is -2.01. The van der Waals surface area contributed by atoms with Crippen molar-refractivity contribution < 1.29 is 9.90 Å². The zero-order chi connectivity index (χ0) is 11.7. The maximum Gasteiger partial charge on any atom is 0.354 e. The molecule has 0 saturated carbocycles. The molecule has 0 atom stereocenters. The Morgan fingerprint density at radius 3 is 2.88 bits per heavy atom. The van der Waals surface area contributed by atoms with Crippen LogP contribution in [-0.2, 0) is 6.42 Å². The van der Waals surface area contributed by atoms with Crippen LogP contribution in [-0.4, -0.2) is 21.4 Å². The van der Waals surface area contributed by atoms with Gasteiger partial charge in [-0.25, -0.2) is 4.79 Å². The summed E-state index contributed by atoms with van der Waals surface area (Å²) in [6.07, 6.45) is 0.818. The lowest BCUT2D eigenvalue weighted by atomic mass is 10.1. The molecule has 0 radical (unpaired) electrons. The summed E-state index contributed by atoms with van der Waals surface area (Å²) in [5, 5.41) is 10.6. The smallest absolute Gasteiger partial charge is 0.354 e. The van der Waals surface area contributed by atoms with Crippen molar-refractivity contribution in [2.45, 2.75) is 6.42 Å². The minimum Gasteiger partial charge on any atom is -0.477 e. The number of halogens is 1. The number of aromatic carboxylic acids is 1. The van der Waals surface area contributed by atoms with Gasteiger partial charge in [-0.2, -0.15) is 0 Å². The number of nitrogen functional groups attached to an aromatic ring is 1. The lowest BCUT2D eigenvalue weighted by molar-refractivity contribution is 0.0692. The second-order valence-electron chi connectivity index (χ2n) is 3.50. The number of rotatable bonds is 3. The first-order valence-corrected chi connectivity index (χ1v) is 5.95. The number of aryl methyl sites for hydroxylation is 1. The quantitative estimate of drug-likeness (QED) is 0.757. The summed E-state index contributed by atoms with van der Waals surface area (Å²) >= 11 is 3.36. The van der Waals surface area contributed by atoms with E-state index in [1.807, 2.05) is 18.2 Å². The maximum atomic E-state index is 10.9. The number of aromatic amines is 1. The summed E-state index contributed by atoms with van der Waals surface area (Å²) in [7, 11) is 0. The number of nitrogens with two attached hydrogens (primary N) is 1. The highest BCUT2D eigenvalue weighted by Crippen LogP contribution is 2.28. The van der Waals surface area contributed by atoms with Crippen molar-refractivity contribution in [1.82, 2.24) is 4.98 Å². The zero-order valence-electron chi connectivity index (χ0n) is 8.46. The van der Waals surface area contributed by atoms with E-state index in [2.05, 4.69) is 20.9 Å². The van der Waals surface area contributed by atoms with Crippen molar-refractivity contribution >= 4 is 38.5 Å². The van der Waals surface area contributed by atoms with Crippen LogP contribution in [0.5, 0.6) is 0 Å². The number of hydrogen-bond donors (Lipinski definition) is 3. The van der Waals surface area contributed by atoms with Gasteiger partial charge >= 0.3 is 5.97 Å². The predicted molar refractivity (Wildman–Crippen MR) is 67.2 cm³/mol. The summed E-state index contributed by atoms with van der Waals surface area (Å²) in [6.45, 7) is 0. The molecule has 0 aliphatic rings. The van der Waals surface area contributed by atoms with Gasteiger partial charge in [-0.15, -0.1) is 0 Å². The molecule has 0 bridgehead atoms. The van der Waals surface area contributed by atoms with Gasteiger partial charge in [0.2, 0.25) is 0 Å². The van der Waals surface area contributed by atoms with Crippen LogP contribution in [0.2, 0.25) is 0 Å². The molecule has 5 heteroatoms. The van der Waals surface area contributed by atoms with Crippen LogP contribution in [0.1, 0.15) is 16.1 Å². The van der Waals surface area contributed by atoms with Gasteiger partial charge in [-0.1, -0.05) is 28.1 Å². The van der Waals surface area contributed by atoms with Crippen LogP contribution >= 0.6 is 15.9 Å². The molecule has 16 heavy (non-hydrogen) atoms. The molecule has 4 N–H and O–H groups in total. The van der Waals surface area contributed by atoms with E-state index in [9.17, 15) is 4.79 Å². The molecule has 4 nitrogen and oxygen atoms in total. The number of hydrogen-bond acceptors (Lipinski definition) is 2. The van der Waals surface area contributed by atoms with Crippen molar-refractivity contribution in [3.63, 3.8) is 0 Å². The minimum atomic E-state index is -1.03. The summed E-state index contributed by atoms with van der Waals surface area (Å²) in [4.78, 5) is 13.8. The lowest BCUT2D eigenvalue weighted by Crippen LogP contribution is -2.01. The third-order valence-corrected chi connectivity index (χ3v) is 2.92. The van der Waals surface area contributed by atoms with Gasteiger partial charge in [0.15, 0.2) is 0 Å². The van der Waals surface area contributed by atoms with Gasteiger partial charge < -0.3 is 15.8 Å². The predicted octanol–water partition coefficient (Wildman–Crippen LogP) is 2.39. The Balaban J connectivity index is 2.71. The van der Waals surface area contributed by atoms with Crippen molar-refractivity contribution in [3.05, 3.63) is 29.5 Å². The van der Waals surface area contributed by atoms with Gasteiger partial charge in [-0.3, -0.25) is 0 Å². The zero-order valence-corrected chi connectivity index (χ0v) is 10.0. The largest absolute Gasteiger partial charge is 0.477 e. The third-order valence-electron chi connectivity index (χ3n) is 2.53. The second kappa shape index (κ2) is 4.17. The number of benzene rings is 1. The Labute approximate surface area is 101 Å². The van der Waals surface area contributed by atoms with E-state index in [-0.39, 0.29) is 5.69 Å². The van der Waals surface area contributed by atoms with Crippen molar-refractivity contribution in [2.75, 3.05) is 11.1 Å². The van der Waals surface area contributed by atoms with Crippen molar-refractivity contribution in [3.8, 4) is 0 Å². The van der Waals surface area contributed by atoms with Crippen LogP contribution in [0.3, 0.4) is 0 Å². The number of H-pyrrole nitrogens is 1. The molecule has 0 spiro atoms. The first-order valence-electron chi connectivity index (χ1n) is 4.83. The molecule has 0 aliphatic carbocycles. The Bertz CT molecular complexity index is 548. The van der Waals surface area contributed by atoms with Crippen LogP contribution in [0.4, 0.5) is 5.69 Å². The van der Waals surface area contributed by atoms with Gasteiger partial charge in [0.25, 0.3) is 0 Å². The molecule has 0 fully saturated rings. The molecule has 1 aromatic carbocycles. The molecule has 0 aliphatic heterocycles. The van der Waals surface area contributed by atoms with Gasteiger partial charge in [0.05, 0.1) is 5.69 Å². The van der Waals surface area contributed by atoms with E-state index < -0.39 is 5.97 Å². The van der Waals surface area contributed by atoms with E-state index in [0.717, 1.165) is 28.2 Å². The van der Waals surface area contributed by atoms with Crippen LogP contribution in [0.15, 0.2) is 18.2 Å². The topological polar surface area (TPSA) is 79.1 Å². The average molecular weight is 283 g/mol. The molecule has 84 valence electrons. The molecule has 0 amide bonds. The molecule has 2 rings (SSSR count). The molecule has 1 aromatic heterocycles. The van der Waals surface area contributed by atoms with E-state index in [1.165, 1.54) is 0 Å². The number of carboxylic acid groups (broad SMARTS) is 1. The Hall–Kier alpha value is -1.49. The minimum absolute atomic E-state index is 0.0667. The third kappa shape index (κ3) is 1.67. The fourth-order valence-electron chi connectivity index (χ4n) is 1.83. The van der Waals surface area contributed by atoms with E-state index >= 15 is 0 Å². The molecule has 0 unspecified atom stereocenters. The van der Waals surface area contributed by atoms with Gasteiger partial charge in [0.1, 0.15) is 5.69 Å². The molecular weight excluding hydrogens is 272 g/mol. The maximum absolute atomic E-state index is 10.9. The van der Waals surface area contributed by atoms with Crippen molar-refractivity contribution in [2.24, 2.45) is 0 Å². The van der Waals surface area contributed by atoms with E-state index in [1.54, 1.807) is 0 Å². The van der Waals surface area contributed by atoms with E-state index in [0.29, 0.717) is 5.69 Å². The molecule has 1 heterocycles. The summed E-state index contributed by atoms with van der Waals surface area (Å²) in [6, 6.07) is 5.68. The number of alkyl halides is 1. The Kier molecular flexibility index (Phi) is 2.87. The number of carbonyl (C=O) groups is 1. The van der Waals surface area contributed by atoms with Gasteiger partial charge in [-0.05, 0) is 18.1 Å². The van der Waals surface area contributed by atoms with Crippen LogP contribution in [0, 0.1) is 0 Å². The fraction of sp³-hybridized carbons (Fsp3) is 0.182. The van der Waals surface area contributed by atoms with Gasteiger partial charge in [0, 0.05) is 16.2 Å². The highest BCUT2D eigenvalue weighted by molar-refractivity contribution is 9.09. The first-order chi connectivity index (χ1) is 7.65. The average Bonchev–Trinajstić information content (AvgIpc) is 2.58. The van der Waals surface area contributed by atoms with Crippen LogP contribution in [0.25, 0.3) is 10.9 Å². The number of fused-ring (bicyclic) bond motifs is 1. The summed E-state index contributed by atoms with van der Waals surface area (Å²) < 4.78 is 0. The normalized spacial score (nSPS) is 10.8. The SMILES string of the molecule is Nc1c(C(=O)O)[nH]c2cccc(CCBr)c12. The molecule has 2 aromatic rings. The summed E-state index contributed by atoms with van der Waals surface area (Å²) in [5.74, 6) is -1.03. The van der Waals surface area contributed by atoms with Crippen LogP contribution < -0.4 is 5.73 Å². The number of anilines is 1. The first kappa shape index (κ1) is 11.0. The Morgan fingerprint density at radius 1 is 1.50 bits per heavy atom.